The SMILES string of the molecule is N[C@@H]1CC(c2cccc(F)c2F)Oc2cc(Br)ccc21. The first-order chi connectivity index (χ1) is 9.56. The lowest BCUT2D eigenvalue weighted by Crippen LogP contribution is -2.24. The molecule has 2 aromatic carbocycles. The van der Waals surface area contributed by atoms with Gasteiger partial charge in [-0.15, -0.1) is 0 Å². The minimum Gasteiger partial charge on any atom is -0.485 e. The van der Waals surface area contributed by atoms with E-state index in [0.29, 0.717) is 12.2 Å². The molecule has 0 bridgehead atoms. The summed E-state index contributed by atoms with van der Waals surface area (Å²) in [6, 6.07) is 9.37. The first-order valence-corrected chi connectivity index (χ1v) is 7.01. The van der Waals surface area contributed by atoms with Crippen LogP contribution < -0.4 is 10.5 Å². The van der Waals surface area contributed by atoms with Crippen LogP contribution in [0.4, 0.5) is 8.78 Å². The number of nitrogens with two attached hydrogens (primary N) is 1. The monoisotopic (exact) mass is 339 g/mol. The van der Waals surface area contributed by atoms with Crippen LogP contribution in [0.3, 0.4) is 0 Å². The van der Waals surface area contributed by atoms with Crippen molar-refractivity contribution in [3.05, 3.63) is 63.6 Å². The summed E-state index contributed by atoms with van der Waals surface area (Å²) >= 11 is 3.36. The molecular formula is C15H12BrF2NO. The average molecular weight is 340 g/mol. The molecule has 0 saturated carbocycles. The molecule has 5 heteroatoms. The Kier molecular flexibility index (Phi) is 3.48. The third-order valence-electron chi connectivity index (χ3n) is 3.44. The predicted molar refractivity (Wildman–Crippen MR) is 75.4 cm³/mol. The van der Waals surface area contributed by atoms with E-state index in [1.54, 1.807) is 6.07 Å². The molecule has 0 amide bonds. The quantitative estimate of drug-likeness (QED) is 0.842. The average Bonchev–Trinajstić information content (AvgIpc) is 2.41. The molecule has 1 aliphatic heterocycles. The Labute approximate surface area is 123 Å². The Morgan fingerprint density at radius 1 is 1.15 bits per heavy atom. The summed E-state index contributed by atoms with van der Waals surface area (Å²) in [6.45, 7) is 0. The van der Waals surface area contributed by atoms with E-state index < -0.39 is 17.7 Å². The van der Waals surface area contributed by atoms with Crippen molar-refractivity contribution in [2.24, 2.45) is 5.73 Å². The topological polar surface area (TPSA) is 35.2 Å². The van der Waals surface area contributed by atoms with E-state index in [1.165, 1.54) is 12.1 Å². The summed E-state index contributed by atoms with van der Waals surface area (Å²) in [6.07, 6.45) is -0.169. The van der Waals surface area contributed by atoms with Crippen LogP contribution in [-0.2, 0) is 0 Å². The number of ether oxygens (including phenoxy) is 1. The molecule has 20 heavy (non-hydrogen) atoms. The van der Waals surface area contributed by atoms with Gasteiger partial charge in [0.05, 0.1) is 0 Å². The Morgan fingerprint density at radius 2 is 1.95 bits per heavy atom. The fraction of sp³-hybridized carbons (Fsp3) is 0.200. The molecule has 1 heterocycles. The van der Waals surface area contributed by atoms with Crippen LogP contribution in [0.2, 0.25) is 0 Å². The molecule has 0 fully saturated rings. The number of fused-ring (bicyclic) bond motifs is 1. The second kappa shape index (κ2) is 5.14. The van der Waals surface area contributed by atoms with Gasteiger partial charge in [0, 0.05) is 28.1 Å². The van der Waals surface area contributed by atoms with E-state index in [4.69, 9.17) is 10.5 Å². The Bertz CT molecular complexity index is 662. The largest absolute Gasteiger partial charge is 0.485 e. The van der Waals surface area contributed by atoms with E-state index >= 15 is 0 Å². The minimum atomic E-state index is -0.875. The molecule has 0 aliphatic carbocycles. The fourth-order valence-corrected chi connectivity index (χ4v) is 2.78. The van der Waals surface area contributed by atoms with Gasteiger partial charge < -0.3 is 10.5 Å². The third kappa shape index (κ3) is 2.31. The van der Waals surface area contributed by atoms with Crippen LogP contribution in [0.5, 0.6) is 5.75 Å². The highest BCUT2D eigenvalue weighted by Gasteiger charge is 2.29. The van der Waals surface area contributed by atoms with Gasteiger partial charge in [0.15, 0.2) is 11.6 Å². The maximum Gasteiger partial charge on any atom is 0.165 e. The predicted octanol–water partition coefficient (Wildman–Crippen LogP) is 4.25. The van der Waals surface area contributed by atoms with Crippen molar-refractivity contribution in [2.45, 2.75) is 18.6 Å². The molecule has 1 unspecified atom stereocenters. The van der Waals surface area contributed by atoms with Gasteiger partial charge in [0.1, 0.15) is 11.9 Å². The molecule has 104 valence electrons. The van der Waals surface area contributed by atoms with Gasteiger partial charge in [-0.3, -0.25) is 0 Å². The van der Waals surface area contributed by atoms with Crippen molar-refractivity contribution in [3.8, 4) is 5.75 Å². The number of hydrogen-bond donors (Lipinski definition) is 1. The summed E-state index contributed by atoms with van der Waals surface area (Å²) in [7, 11) is 0. The summed E-state index contributed by atoms with van der Waals surface area (Å²) < 4.78 is 33.8. The van der Waals surface area contributed by atoms with Crippen molar-refractivity contribution in [2.75, 3.05) is 0 Å². The lowest BCUT2D eigenvalue weighted by atomic mass is 9.93. The molecular weight excluding hydrogens is 328 g/mol. The number of hydrogen-bond acceptors (Lipinski definition) is 2. The second-order valence-electron chi connectivity index (χ2n) is 4.77. The van der Waals surface area contributed by atoms with Crippen LogP contribution in [0, 0.1) is 11.6 Å². The first kappa shape index (κ1) is 13.5. The van der Waals surface area contributed by atoms with Gasteiger partial charge in [0.2, 0.25) is 0 Å². The van der Waals surface area contributed by atoms with Crippen molar-refractivity contribution >= 4 is 15.9 Å². The third-order valence-corrected chi connectivity index (χ3v) is 3.93. The van der Waals surface area contributed by atoms with Crippen molar-refractivity contribution in [1.82, 2.24) is 0 Å². The highest BCUT2D eigenvalue weighted by atomic mass is 79.9. The van der Waals surface area contributed by atoms with Gasteiger partial charge in [0.25, 0.3) is 0 Å². The highest BCUT2D eigenvalue weighted by molar-refractivity contribution is 9.10. The van der Waals surface area contributed by atoms with Crippen LogP contribution in [-0.4, -0.2) is 0 Å². The van der Waals surface area contributed by atoms with E-state index in [1.807, 2.05) is 12.1 Å². The van der Waals surface area contributed by atoms with Crippen LogP contribution in [0.15, 0.2) is 40.9 Å². The maximum atomic E-state index is 13.9. The van der Waals surface area contributed by atoms with Gasteiger partial charge in [-0.2, -0.15) is 0 Å². The molecule has 2 aromatic rings. The van der Waals surface area contributed by atoms with Crippen LogP contribution in [0.25, 0.3) is 0 Å². The molecule has 0 saturated heterocycles. The molecule has 0 aromatic heterocycles. The van der Waals surface area contributed by atoms with Crippen LogP contribution >= 0.6 is 15.9 Å². The standard InChI is InChI=1S/C15H12BrF2NO/c16-8-4-5-9-12(19)7-14(20-13(9)6-8)10-2-1-3-11(17)15(10)18/h1-6,12,14H,7,19H2/t12-,14?/m1/s1. The minimum absolute atomic E-state index is 0.200. The number of benzene rings is 2. The first-order valence-electron chi connectivity index (χ1n) is 6.22. The van der Waals surface area contributed by atoms with E-state index in [-0.39, 0.29) is 11.6 Å². The van der Waals surface area contributed by atoms with Gasteiger partial charge in [-0.1, -0.05) is 34.1 Å². The molecule has 3 rings (SSSR count). The normalized spacial score (nSPS) is 21.2. The van der Waals surface area contributed by atoms with Gasteiger partial charge >= 0.3 is 0 Å². The van der Waals surface area contributed by atoms with E-state index in [0.717, 1.165) is 16.1 Å². The van der Waals surface area contributed by atoms with Crippen LogP contribution in [0.1, 0.15) is 29.7 Å². The van der Waals surface area contributed by atoms with Gasteiger partial charge in [-0.05, 0) is 18.2 Å². The summed E-state index contributed by atoms with van der Waals surface area (Å²) in [5.41, 5.74) is 7.18. The zero-order valence-electron chi connectivity index (χ0n) is 10.4. The van der Waals surface area contributed by atoms with E-state index in [9.17, 15) is 8.78 Å². The second-order valence-corrected chi connectivity index (χ2v) is 5.69. The lowest BCUT2D eigenvalue weighted by Gasteiger charge is -2.30. The molecule has 2 nitrogen and oxygen atoms in total. The zero-order valence-corrected chi connectivity index (χ0v) is 12.0. The summed E-state index contributed by atoms with van der Waals surface area (Å²) in [5.74, 6) is -1.14. The van der Waals surface area contributed by atoms with Crippen molar-refractivity contribution < 1.29 is 13.5 Å². The van der Waals surface area contributed by atoms with Crippen molar-refractivity contribution in [3.63, 3.8) is 0 Å². The molecule has 2 atom stereocenters. The van der Waals surface area contributed by atoms with Crippen molar-refractivity contribution in [1.29, 1.82) is 0 Å². The lowest BCUT2D eigenvalue weighted by molar-refractivity contribution is 0.156. The maximum absolute atomic E-state index is 13.9. The molecule has 0 radical (unpaired) electrons. The number of rotatable bonds is 1. The van der Waals surface area contributed by atoms with E-state index in [2.05, 4.69) is 15.9 Å². The van der Waals surface area contributed by atoms with Gasteiger partial charge in [-0.25, -0.2) is 8.78 Å². The Morgan fingerprint density at radius 3 is 2.75 bits per heavy atom. The zero-order chi connectivity index (χ0) is 14.3. The Hall–Kier alpha value is -1.46. The Balaban J connectivity index is 2.00. The fourth-order valence-electron chi connectivity index (χ4n) is 2.44. The molecule has 2 N–H and O–H groups in total. The highest BCUT2D eigenvalue weighted by Crippen LogP contribution is 2.41. The number of halogens is 3. The summed E-state index contributed by atoms with van der Waals surface area (Å²) in [5, 5.41) is 0. The molecule has 1 aliphatic rings. The summed E-state index contributed by atoms with van der Waals surface area (Å²) in [4.78, 5) is 0. The molecule has 0 spiro atoms. The smallest absolute Gasteiger partial charge is 0.165 e.